The number of hydrogen-bond acceptors (Lipinski definition) is 6. The van der Waals surface area contributed by atoms with Crippen LogP contribution >= 0.6 is 11.3 Å². The van der Waals surface area contributed by atoms with Crippen LogP contribution in [0.2, 0.25) is 0 Å². The first kappa shape index (κ1) is 79.7. The number of nitrogens with zero attached hydrogens (tertiary/aromatic N) is 9. The molecule has 0 atom stereocenters. The quantitative estimate of drug-likeness (QED) is 0.134. The van der Waals surface area contributed by atoms with Gasteiger partial charge in [-0.25, -0.2) is 19.9 Å². The second-order valence-corrected chi connectivity index (χ2v) is 37.6. The van der Waals surface area contributed by atoms with Gasteiger partial charge in [-0.3, -0.25) is 9.13 Å². The molecule has 0 saturated carbocycles. The van der Waals surface area contributed by atoms with Crippen LogP contribution in [0.3, 0.4) is 0 Å². The van der Waals surface area contributed by atoms with Crippen molar-refractivity contribution in [2.24, 2.45) is 0 Å². The molecular weight excluding hydrogens is 1740 g/mol. The molecule has 0 aliphatic carbocycles. The molecule has 0 N–H and O–H groups in total. The summed E-state index contributed by atoms with van der Waals surface area (Å²) >= 11 is 1.86. The Kier molecular flexibility index (Phi) is 18.1. The Morgan fingerprint density at radius 3 is 1.10 bits per heavy atom. The van der Waals surface area contributed by atoms with Crippen molar-refractivity contribution < 1.29 is 4.42 Å². The third-order valence-corrected chi connectivity index (χ3v) is 30.0. The fraction of sp³-hybridized carbons (Fsp3) is 0. The molecule has 31 aromatic rings. The van der Waals surface area contributed by atoms with Crippen molar-refractivity contribution in [2.45, 2.75) is 0 Å². The van der Waals surface area contributed by atoms with Crippen LogP contribution in [-0.2, 0) is 0 Å². The maximum absolute atomic E-state index is 6.53. The molecule has 0 unspecified atom stereocenters. The Morgan fingerprint density at radius 2 is 0.567 bits per heavy atom. The lowest BCUT2D eigenvalue weighted by Gasteiger charge is -2.14. The van der Waals surface area contributed by atoms with Crippen molar-refractivity contribution in [1.82, 2.24) is 42.8 Å². The third kappa shape index (κ3) is 12.5. The smallest absolute Gasteiger partial charge is 0.235 e. The van der Waals surface area contributed by atoms with Crippen molar-refractivity contribution in [3.8, 4) is 73.7 Å². The lowest BCUT2D eigenvalue weighted by atomic mass is 9.98. The molecule has 10 nitrogen and oxygen atoms in total. The van der Waals surface area contributed by atoms with Crippen LogP contribution in [0.4, 0.5) is 0 Å². The lowest BCUT2D eigenvalue weighted by molar-refractivity contribution is 0.673. The molecule has 141 heavy (non-hydrogen) atoms. The molecule has 0 amide bonds. The van der Waals surface area contributed by atoms with E-state index in [1.54, 1.807) is 0 Å². The average molecular weight is 1820 g/mol. The highest BCUT2D eigenvalue weighted by Crippen LogP contribution is 2.52. The molecule has 0 saturated heterocycles. The minimum Gasteiger partial charge on any atom is -0.455 e. The van der Waals surface area contributed by atoms with Gasteiger partial charge in [-0.1, -0.05) is 346 Å². The Bertz CT molecular complexity index is 10400. The van der Waals surface area contributed by atoms with E-state index in [-0.39, 0.29) is 0 Å². The van der Waals surface area contributed by atoms with Crippen LogP contribution in [0.15, 0.2) is 484 Å². The number of hydrogen-bond donors (Lipinski definition) is 0. The minimum atomic E-state index is 0.654. The Morgan fingerprint density at radius 1 is 0.199 bits per heavy atom. The monoisotopic (exact) mass is 1810 g/mol. The maximum Gasteiger partial charge on any atom is 0.235 e. The molecular formula is C130H79N9OS. The minimum absolute atomic E-state index is 0.654. The summed E-state index contributed by atoms with van der Waals surface area (Å²) in [4.78, 5) is 21.3. The van der Waals surface area contributed by atoms with Gasteiger partial charge in [0.1, 0.15) is 11.2 Å². The molecule has 9 aromatic heterocycles. The number of fused-ring (bicyclic) bond motifs is 33. The van der Waals surface area contributed by atoms with Crippen molar-refractivity contribution in [3.05, 3.63) is 479 Å². The first-order valence-corrected chi connectivity index (χ1v) is 48.7. The van der Waals surface area contributed by atoms with Crippen LogP contribution in [0, 0.1) is 0 Å². The van der Waals surface area contributed by atoms with Crippen LogP contribution in [0.5, 0.6) is 0 Å². The second-order valence-electron chi connectivity index (χ2n) is 36.5. The van der Waals surface area contributed by atoms with E-state index in [9.17, 15) is 0 Å². The Balaban J connectivity index is 0.000000103. The molecule has 0 fully saturated rings. The summed E-state index contributed by atoms with van der Waals surface area (Å²) in [5, 5.41) is 26.2. The van der Waals surface area contributed by atoms with Crippen LogP contribution in [0.25, 0.3) is 279 Å². The Hall–Kier alpha value is -18.7. The van der Waals surface area contributed by atoms with E-state index in [0.29, 0.717) is 11.9 Å². The molecule has 0 bridgehead atoms. The number of rotatable bonds is 9. The molecule has 11 heteroatoms. The van der Waals surface area contributed by atoms with E-state index < -0.39 is 0 Å². The van der Waals surface area contributed by atoms with Crippen molar-refractivity contribution in [2.75, 3.05) is 0 Å². The van der Waals surface area contributed by atoms with E-state index in [4.69, 9.17) is 24.4 Å². The zero-order valence-corrected chi connectivity index (χ0v) is 76.8. The van der Waals surface area contributed by atoms with E-state index in [1.165, 1.54) is 152 Å². The van der Waals surface area contributed by atoms with E-state index >= 15 is 0 Å². The Labute approximate surface area is 810 Å². The maximum atomic E-state index is 6.53. The van der Waals surface area contributed by atoms with Gasteiger partial charge in [-0.2, -0.15) is 0 Å². The molecule has 656 valence electrons. The van der Waals surface area contributed by atoms with Crippen LogP contribution in [0.1, 0.15) is 0 Å². The summed E-state index contributed by atoms with van der Waals surface area (Å²) in [7, 11) is 0. The van der Waals surface area contributed by atoms with Crippen molar-refractivity contribution >= 4 is 217 Å². The summed E-state index contributed by atoms with van der Waals surface area (Å²) in [6.07, 6.45) is 0. The van der Waals surface area contributed by atoms with Gasteiger partial charge in [0, 0.05) is 135 Å². The number of furan rings is 1. The summed E-state index contributed by atoms with van der Waals surface area (Å²) in [5.41, 5.74) is 27.7. The van der Waals surface area contributed by atoms with Crippen molar-refractivity contribution in [3.63, 3.8) is 0 Å². The highest BCUT2D eigenvalue weighted by atomic mass is 32.1. The van der Waals surface area contributed by atoms with E-state index in [1.807, 2.05) is 41.7 Å². The average Bonchev–Trinajstić information content (AvgIpc) is 1.54. The number of thiophene rings is 1. The highest BCUT2D eigenvalue weighted by Gasteiger charge is 2.29. The molecule has 0 aliphatic rings. The molecule has 22 aromatic carbocycles. The SMILES string of the molecule is c1ccc(-c2nc(-n3c4ccccc4c4c5c6ccccc6oc5c5ccccc5c43)nc3ccccc23)cc1.c1ccc(-c2nc(-n3c4ccccc4c4c5ccccc5c5c6ccccc6sc5c43)nc3c2ccc2ccccc23)cc1.c1ccc(-n2c3ccccc3c3cc(-c4ccc5c(c4)c4cc(-c6ccc7c(c6)c6ccccc6n7-c6ccccc6)ccc4n5-c4ccccc4)ccc32)cc1. The van der Waals surface area contributed by atoms with Crippen LogP contribution in [-0.4, -0.2) is 42.8 Å². The number of aromatic nitrogens is 9. The highest BCUT2D eigenvalue weighted by molar-refractivity contribution is 7.27. The zero-order chi connectivity index (χ0) is 92.4. The van der Waals surface area contributed by atoms with Gasteiger partial charge < -0.3 is 18.1 Å². The number of para-hydroxylation sites is 9. The predicted octanol–water partition coefficient (Wildman–Crippen LogP) is 34.8. The van der Waals surface area contributed by atoms with E-state index in [0.717, 1.165) is 115 Å². The van der Waals surface area contributed by atoms with Gasteiger partial charge in [0.15, 0.2) is 0 Å². The van der Waals surface area contributed by atoms with Gasteiger partial charge in [0.05, 0.1) is 82.3 Å². The summed E-state index contributed by atoms with van der Waals surface area (Å²) in [5.74, 6) is 1.34. The molecule has 9 heterocycles. The fourth-order valence-electron chi connectivity index (χ4n) is 22.7. The third-order valence-electron chi connectivity index (χ3n) is 28.8. The van der Waals surface area contributed by atoms with Gasteiger partial charge in [0.25, 0.3) is 0 Å². The summed E-state index contributed by atoms with van der Waals surface area (Å²) in [6, 6.07) is 171. The number of benzene rings is 22. The zero-order valence-electron chi connectivity index (χ0n) is 76.0. The van der Waals surface area contributed by atoms with Crippen LogP contribution < -0.4 is 0 Å². The van der Waals surface area contributed by atoms with E-state index in [2.05, 4.69) is 472 Å². The molecule has 0 radical (unpaired) electrons. The van der Waals surface area contributed by atoms with Gasteiger partial charge >= 0.3 is 0 Å². The fourth-order valence-corrected chi connectivity index (χ4v) is 23.9. The van der Waals surface area contributed by atoms with Gasteiger partial charge in [0.2, 0.25) is 11.9 Å². The first-order chi connectivity index (χ1) is 70.0. The lowest BCUT2D eigenvalue weighted by Crippen LogP contribution is -2.04. The standard InChI is InChI=1S/C54H35N3.C40H23N3S.C36H21N3O/c1-4-14-40(15-5-1)55-49-22-12-10-20-43(49)45-32-36(24-28-51(45)55)38-26-30-53-47(34-38)48-35-39(27-31-54(48)57(53)42-18-8-3-9-19-42)37-25-29-52-46(33-37)44-21-11-13-23-50(44)56(52)41-16-6-2-7-17-41;1-2-13-25(14-3-1)36-31-23-22-24-12-4-5-15-26(24)37(31)42-40(41-36)43-32-20-10-8-18-29(32)34-27-16-6-7-17-28(27)35-30-19-9-11-21-33(30)44-39(35)38(34)43;1-2-12-22(13-3-1)33-25-16-6-9-19-28(25)37-36(38-33)39-29-20-10-7-17-26(29)31-32-27-18-8-11-21-30(27)40-35(32)24-15-5-4-14-23(24)34(31)39/h1-35H;1-23H;1-21H. The second kappa shape index (κ2) is 32.0. The predicted molar refractivity (Wildman–Crippen MR) is 592 cm³/mol. The summed E-state index contributed by atoms with van der Waals surface area (Å²) < 4.78 is 20.8. The normalized spacial score (nSPS) is 12.0. The van der Waals surface area contributed by atoms with Gasteiger partial charge in [-0.05, 0) is 172 Å². The molecule has 31 rings (SSSR count). The molecule has 0 spiro atoms. The molecule has 0 aliphatic heterocycles. The van der Waals surface area contributed by atoms with Gasteiger partial charge in [-0.15, -0.1) is 11.3 Å². The van der Waals surface area contributed by atoms with Crippen molar-refractivity contribution in [1.29, 1.82) is 0 Å². The summed E-state index contributed by atoms with van der Waals surface area (Å²) in [6.45, 7) is 0. The topological polar surface area (TPSA) is 89.4 Å². The largest absolute Gasteiger partial charge is 0.455 e. The first-order valence-electron chi connectivity index (χ1n) is 47.9.